The van der Waals surface area contributed by atoms with Crippen molar-refractivity contribution in [2.45, 2.75) is 29.9 Å². The Balaban J connectivity index is 1.84. The average Bonchev–Trinajstić information content (AvgIpc) is 2.60. The summed E-state index contributed by atoms with van der Waals surface area (Å²) >= 11 is 1.52. The van der Waals surface area contributed by atoms with E-state index in [2.05, 4.69) is 0 Å². The molecule has 24 heavy (non-hydrogen) atoms. The van der Waals surface area contributed by atoms with E-state index in [-0.39, 0.29) is 17.5 Å². The van der Waals surface area contributed by atoms with Gasteiger partial charge in [-0.05, 0) is 48.7 Å². The molecule has 1 aliphatic carbocycles. The van der Waals surface area contributed by atoms with E-state index in [1.165, 1.54) is 18.9 Å². The van der Waals surface area contributed by atoms with Crippen LogP contribution in [0.25, 0.3) is 0 Å². The van der Waals surface area contributed by atoms with Gasteiger partial charge in [-0.3, -0.25) is 4.79 Å². The van der Waals surface area contributed by atoms with Crippen LogP contribution in [0.1, 0.15) is 44.7 Å². The van der Waals surface area contributed by atoms with Crippen LogP contribution in [0.15, 0.2) is 41.3 Å². The second kappa shape index (κ2) is 7.09. The van der Waals surface area contributed by atoms with Crippen molar-refractivity contribution in [1.82, 2.24) is 0 Å². The van der Waals surface area contributed by atoms with Crippen molar-refractivity contribution in [3.8, 4) is 5.75 Å². The van der Waals surface area contributed by atoms with E-state index in [9.17, 15) is 14.7 Å². The number of carbonyl (C=O) groups excluding carboxylic acids is 2. The number of benzene rings is 2. The standard InChI is InChI=1S/C19H18O4S/c1-23-19(22)12-4-2-5-13(10-12)24-11-16-14-6-3-7-17(20)15(14)8-9-18(16)21/h2,4-5,8-10,21H,3,6-7,11H2,1H3. The van der Waals surface area contributed by atoms with Gasteiger partial charge in [0, 0.05) is 28.2 Å². The molecule has 0 fully saturated rings. The number of esters is 1. The van der Waals surface area contributed by atoms with E-state index >= 15 is 0 Å². The first-order valence-electron chi connectivity index (χ1n) is 7.78. The molecule has 2 aromatic rings. The number of carbonyl (C=O) groups is 2. The van der Waals surface area contributed by atoms with Crippen LogP contribution in [0.4, 0.5) is 0 Å². The van der Waals surface area contributed by atoms with Crippen LogP contribution in [-0.4, -0.2) is 24.0 Å². The molecule has 1 aliphatic rings. The smallest absolute Gasteiger partial charge is 0.337 e. The molecule has 0 saturated carbocycles. The highest BCUT2D eigenvalue weighted by Gasteiger charge is 2.21. The van der Waals surface area contributed by atoms with E-state index < -0.39 is 0 Å². The van der Waals surface area contributed by atoms with Crippen LogP contribution >= 0.6 is 11.8 Å². The molecular formula is C19H18O4S. The monoisotopic (exact) mass is 342 g/mol. The number of hydrogen-bond acceptors (Lipinski definition) is 5. The average molecular weight is 342 g/mol. The van der Waals surface area contributed by atoms with E-state index in [4.69, 9.17) is 4.74 Å². The zero-order chi connectivity index (χ0) is 17.1. The van der Waals surface area contributed by atoms with E-state index in [1.54, 1.807) is 30.3 Å². The molecule has 0 spiro atoms. The molecule has 124 valence electrons. The van der Waals surface area contributed by atoms with Crippen molar-refractivity contribution in [3.63, 3.8) is 0 Å². The predicted octanol–water partition coefficient (Wildman–Crippen LogP) is 3.99. The van der Waals surface area contributed by atoms with Gasteiger partial charge < -0.3 is 9.84 Å². The first kappa shape index (κ1) is 16.6. The van der Waals surface area contributed by atoms with Gasteiger partial charge in [-0.25, -0.2) is 4.79 Å². The molecule has 5 heteroatoms. The zero-order valence-electron chi connectivity index (χ0n) is 13.4. The van der Waals surface area contributed by atoms with Gasteiger partial charge in [-0.15, -0.1) is 11.8 Å². The quantitative estimate of drug-likeness (QED) is 0.672. The molecule has 2 aromatic carbocycles. The fourth-order valence-corrected chi connectivity index (χ4v) is 3.95. The number of hydrogen-bond donors (Lipinski definition) is 1. The normalized spacial score (nSPS) is 13.5. The molecule has 3 rings (SSSR count). The highest BCUT2D eigenvalue weighted by molar-refractivity contribution is 7.98. The van der Waals surface area contributed by atoms with Gasteiger partial charge >= 0.3 is 5.97 Å². The summed E-state index contributed by atoms with van der Waals surface area (Å²) in [5, 5.41) is 10.2. The Morgan fingerprint density at radius 2 is 2.08 bits per heavy atom. The van der Waals surface area contributed by atoms with Gasteiger partial charge in [0.1, 0.15) is 5.75 Å². The number of aromatic hydroxyl groups is 1. The molecule has 0 saturated heterocycles. The summed E-state index contributed by atoms with van der Waals surface area (Å²) in [7, 11) is 1.35. The summed E-state index contributed by atoms with van der Waals surface area (Å²) in [5.74, 6) is 0.547. The highest BCUT2D eigenvalue weighted by atomic mass is 32.2. The molecule has 0 radical (unpaired) electrons. The number of ketones is 1. The van der Waals surface area contributed by atoms with Crippen molar-refractivity contribution < 1.29 is 19.4 Å². The van der Waals surface area contributed by atoms with Gasteiger partial charge in [-0.1, -0.05) is 6.07 Å². The lowest BCUT2D eigenvalue weighted by atomic mass is 9.87. The van der Waals surface area contributed by atoms with Gasteiger partial charge in [-0.2, -0.15) is 0 Å². The zero-order valence-corrected chi connectivity index (χ0v) is 14.2. The first-order valence-corrected chi connectivity index (χ1v) is 8.77. The number of ether oxygens (including phenoxy) is 1. The maximum Gasteiger partial charge on any atom is 0.337 e. The third kappa shape index (κ3) is 3.31. The Labute approximate surface area is 144 Å². The SMILES string of the molecule is COC(=O)c1cccc(SCc2c(O)ccc3c2CCCC3=O)c1. The Morgan fingerprint density at radius 1 is 1.25 bits per heavy atom. The number of phenols is 1. The van der Waals surface area contributed by atoms with E-state index in [1.807, 2.05) is 6.07 Å². The molecule has 0 amide bonds. The van der Waals surface area contributed by atoms with Crippen LogP contribution < -0.4 is 0 Å². The van der Waals surface area contributed by atoms with Crippen LogP contribution in [0, 0.1) is 0 Å². The van der Waals surface area contributed by atoms with Gasteiger partial charge in [0.25, 0.3) is 0 Å². The molecule has 0 aromatic heterocycles. The van der Waals surface area contributed by atoms with Crippen molar-refractivity contribution in [2.75, 3.05) is 7.11 Å². The largest absolute Gasteiger partial charge is 0.508 e. The van der Waals surface area contributed by atoms with Crippen molar-refractivity contribution >= 4 is 23.5 Å². The maximum atomic E-state index is 12.0. The molecule has 0 atom stereocenters. The van der Waals surface area contributed by atoms with Crippen molar-refractivity contribution in [3.05, 3.63) is 58.7 Å². The second-order valence-electron chi connectivity index (χ2n) is 5.67. The van der Waals surface area contributed by atoms with E-state index in [0.29, 0.717) is 17.7 Å². The lowest BCUT2D eigenvalue weighted by Gasteiger charge is -2.19. The second-order valence-corrected chi connectivity index (χ2v) is 6.72. The summed E-state index contributed by atoms with van der Waals surface area (Å²) in [5.41, 5.74) is 3.01. The van der Waals surface area contributed by atoms with Crippen molar-refractivity contribution in [2.24, 2.45) is 0 Å². The van der Waals surface area contributed by atoms with Crippen LogP contribution in [0.2, 0.25) is 0 Å². The van der Waals surface area contributed by atoms with Crippen LogP contribution in [-0.2, 0) is 16.9 Å². The minimum Gasteiger partial charge on any atom is -0.508 e. The summed E-state index contributed by atoms with van der Waals surface area (Å²) < 4.78 is 4.73. The molecule has 0 bridgehead atoms. The number of Topliss-reactive ketones (excluding diaryl/α,β-unsaturated/α-hetero) is 1. The minimum absolute atomic E-state index is 0.148. The molecule has 0 aliphatic heterocycles. The molecule has 4 nitrogen and oxygen atoms in total. The summed E-state index contributed by atoms with van der Waals surface area (Å²) in [6.07, 6.45) is 2.21. The third-order valence-corrected chi connectivity index (χ3v) is 5.20. The minimum atomic E-state index is -0.372. The Hall–Kier alpha value is -2.27. The number of thioether (sulfide) groups is 1. The van der Waals surface area contributed by atoms with E-state index in [0.717, 1.165) is 34.4 Å². The maximum absolute atomic E-state index is 12.0. The first-order chi connectivity index (χ1) is 11.6. The Bertz CT molecular complexity index is 798. The number of phenolic OH excluding ortho intramolecular Hbond substituents is 1. The molecule has 0 heterocycles. The summed E-state index contributed by atoms with van der Waals surface area (Å²) in [4.78, 5) is 24.6. The summed E-state index contributed by atoms with van der Waals surface area (Å²) in [6.45, 7) is 0. The van der Waals surface area contributed by atoms with Gasteiger partial charge in [0.2, 0.25) is 0 Å². The predicted molar refractivity (Wildman–Crippen MR) is 92.7 cm³/mol. The number of methoxy groups -OCH3 is 1. The lowest BCUT2D eigenvalue weighted by Crippen LogP contribution is -2.12. The van der Waals surface area contributed by atoms with Gasteiger partial charge in [0.15, 0.2) is 5.78 Å². The highest BCUT2D eigenvalue weighted by Crippen LogP contribution is 2.35. The number of fused-ring (bicyclic) bond motifs is 1. The molecule has 1 N–H and O–H groups in total. The lowest BCUT2D eigenvalue weighted by molar-refractivity contribution is 0.0600. The Kier molecular flexibility index (Phi) is 4.90. The Morgan fingerprint density at radius 3 is 2.88 bits per heavy atom. The number of rotatable bonds is 4. The fourth-order valence-electron chi connectivity index (χ4n) is 2.94. The third-order valence-electron chi connectivity index (χ3n) is 4.18. The van der Waals surface area contributed by atoms with Crippen LogP contribution in [0.5, 0.6) is 5.75 Å². The van der Waals surface area contributed by atoms with Gasteiger partial charge in [0.05, 0.1) is 12.7 Å². The fraction of sp³-hybridized carbons (Fsp3) is 0.263. The van der Waals surface area contributed by atoms with Crippen molar-refractivity contribution in [1.29, 1.82) is 0 Å². The molecular weight excluding hydrogens is 324 g/mol. The topological polar surface area (TPSA) is 63.6 Å². The molecule has 0 unspecified atom stereocenters. The summed E-state index contributed by atoms with van der Waals surface area (Å²) in [6, 6.07) is 10.5. The van der Waals surface area contributed by atoms with Crippen LogP contribution in [0.3, 0.4) is 0 Å².